The standard InChI is InChI=1S/C24H38N4O3.C8H7N.C3H8.C2H6/c1-5-9-21-19(6-2)12-8-13-25-22(29)16-27-18(3)17-28(4)24(30)23(20-10-7-11-20)26-14-15-31-21;1-7-2-4-8(6-9)5-3-7;1-3-2;1-2/h5-6,9,20,23,26-27H,2-3,7-8,10-17H2,1,4H3,(H,25,29);2-5H,1H3;3H2,1-2H3;1-2H3/b9-5-,21-19-;;;. The van der Waals surface area contributed by atoms with E-state index in [9.17, 15) is 9.59 Å². The third-order valence-corrected chi connectivity index (χ3v) is 6.92. The van der Waals surface area contributed by atoms with Crippen LogP contribution in [0, 0.1) is 24.2 Å². The summed E-state index contributed by atoms with van der Waals surface area (Å²) >= 11 is 0. The van der Waals surface area contributed by atoms with Crippen molar-refractivity contribution in [1.29, 1.82) is 5.26 Å². The number of aryl methyl sites for hydroxylation is 1. The van der Waals surface area contributed by atoms with Crippen molar-refractivity contribution in [3.8, 4) is 6.07 Å². The fourth-order valence-corrected chi connectivity index (χ4v) is 4.39. The van der Waals surface area contributed by atoms with Crippen molar-refractivity contribution in [3.05, 3.63) is 83.8 Å². The van der Waals surface area contributed by atoms with Crippen molar-refractivity contribution in [3.63, 3.8) is 0 Å². The third-order valence-electron chi connectivity index (χ3n) is 6.92. The first-order valence-corrected chi connectivity index (χ1v) is 16.4. The van der Waals surface area contributed by atoms with Crippen LogP contribution in [0.1, 0.15) is 84.3 Å². The molecule has 0 saturated heterocycles. The molecule has 1 aromatic carbocycles. The molecule has 0 spiro atoms. The van der Waals surface area contributed by atoms with Gasteiger partial charge in [-0.1, -0.05) is 83.5 Å². The Kier molecular flexibility index (Phi) is 23.3. The maximum atomic E-state index is 13.1. The summed E-state index contributed by atoms with van der Waals surface area (Å²) in [5, 5.41) is 17.7. The van der Waals surface area contributed by atoms with Gasteiger partial charge in [-0.25, -0.2) is 0 Å². The fraction of sp³-hybridized carbons (Fsp3) is 0.541. The Balaban J connectivity index is 0.00000115. The van der Waals surface area contributed by atoms with E-state index >= 15 is 0 Å². The molecule has 0 aromatic heterocycles. The number of allylic oxidation sites excluding steroid dienone is 4. The SMILES string of the molecule is C=C/C1=C(\C=C/C)OCCNC(C2CCC2)C(=O)N(C)CC(=C)NCC(=O)NCCC1.CC.CCC.Cc1ccc(C#N)cc1. The maximum absolute atomic E-state index is 13.1. The van der Waals surface area contributed by atoms with Crippen molar-refractivity contribution >= 4 is 11.8 Å². The molecule has 3 rings (SSSR count). The van der Waals surface area contributed by atoms with Crippen LogP contribution >= 0.6 is 0 Å². The van der Waals surface area contributed by atoms with E-state index in [0.717, 1.165) is 49.0 Å². The summed E-state index contributed by atoms with van der Waals surface area (Å²) in [7, 11) is 1.78. The lowest BCUT2D eigenvalue weighted by molar-refractivity contribution is -0.134. The van der Waals surface area contributed by atoms with E-state index in [2.05, 4.69) is 49.0 Å². The Hall–Kier alpha value is -3.83. The van der Waals surface area contributed by atoms with Crippen LogP contribution in [0.4, 0.5) is 0 Å². The second kappa shape index (κ2) is 25.5. The van der Waals surface area contributed by atoms with Crippen LogP contribution in [-0.2, 0) is 14.3 Å². The number of nitrogens with zero attached hydrogens (tertiary/aromatic N) is 2. The van der Waals surface area contributed by atoms with Crippen molar-refractivity contribution in [1.82, 2.24) is 20.9 Å². The van der Waals surface area contributed by atoms with Gasteiger partial charge in [-0.05, 0) is 69.2 Å². The molecule has 8 nitrogen and oxygen atoms in total. The molecule has 1 fully saturated rings. The van der Waals surface area contributed by atoms with E-state index < -0.39 is 0 Å². The fourth-order valence-electron chi connectivity index (χ4n) is 4.39. The average Bonchev–Trinajstić information content (AvgIpc) is 3.01. The Morgan fingerprint density at radius 1 is 1.09 bits per heavy atom. The van der Waals surface area contributed by atoms with Gasteiger partial charge in [0.1, 0.15) is 12.4 Å². The molecule has 1 unspecified atom stereocenters. The van der Waals surface area contributed by atoms with E-state index in [4.69, 9.17) is 10.00 Å². The Morgan fingerprint density at radius 3 is 2.27 bits per heavy atom. The summed E-state index contributed by atoms with van der Waals surface area (Å²) in [6.45, 7) is 22.2. The summed E-state index contributed by atoms with van der Waals surface area (Å²) < 4.78 is 6.03. The summed E-state index contributed by atoms with van der Waals surface area (Å²) in [6, 6.07) is 9.31. The predicted molar refractivity (Wildman–Crippen MR) is 187 cm³/mol. The number of benzene rings is 1. The lowest BCUT2D eigenvalue weighted by Crippen LogP contribution is -2.52. The second-order valence-electron chi connectivity index (χ2n) is 10.9. The van der Waals surface area contributed by atoms with E-state index in [1.54, 1.807) is 11.9 Å². The highest BCUT2D eigenvalue weighted by Gasteiger charge is 2.34. The molecule has 2 amide bonds. The smallest absolute Gasteiger partial charge is 0.240 e. The molecular formula is C37H59N5O3. The van der Waals surface area contributed by atoms with Crippen LogP contribution in [0.5, 0.6) is 0 Å². The molecule has 1 heterocycles. The number of hydrogen-bond acceptors (Lipinski definition) is 6. The van der Waals surface area contributed by atoms with Gasteiger partial charge in [0.2, 0.25) is 11.8 Å². The van der Waals surface area contributed by atoms with E-state index in [-0.39, 0.29) is 24.4 Å². The minimum atomic E-state index is -0.231. The van der Waals surface area contributed by atoms with Crippen molar-refractivity contribution in [2.45, 2.75) is 86.1 Å². The molecule has 1 saturated carbocycles. The first kappa shape index (κ1) is 41.2. The average molecular weight is 622 g/mol. The van der Waals surface area contributed by atoms with Crippen LogP contribution < -0.4 is 16.0 Å². The molecule has 0 radical (unpaired) electrons. The summed E-state index contributed by atoms with van der Waals surface area (Å²) in [4.78, 5) is 26.9. The minimum Gasteiger partial charge on any atom is -0.492 e. The maximum Gasteiger partial charge on any atom is 0.240 e. The van der Waals surface area contributed by atoms with Crippen LogP contribution in [-0.4, -0.2) is 62.6 Å². The Bertz CT molecular complexity index is 1110. The number of likely N-dealkylation sites (N-methyl/N-ethyl adjacent to an activating group) is 1. The topological polar surface area (TPSA) is 106 Å². The zero-order valence-corrected chi connectivity index (χ0v) is 29.0. The molecule has 1 atom stereocenters. The first-order valence-electron chi connectivity index (χ1n) is 16.4. The number of hydrogen-bond donors (Lipinski definition) is 3. The monoisotopic (exact) mass is 621 g/mol. The Labute approximate surface area is 273 Å². The minimum absolute atomic E-state index is 0.0502. The number of rotatable bonds is 3. The predicted octanol–water partition coefficient (Wildman–Crippen LogP) is 6.56. The summed E-state index contributed by atoms with van der Waals surface area (Å²) in [5.41, 5.74) is 3.57. The van der Waals surface area contributed by atoms with Gasteiger partial charge < -0.3 is 25.6 Å². The molecule has 250 valence electrons. The normalized spacial score (nSPS) is 20.4. The van der Waals surface area contributed by atoms with Gasteiger partial charge in [-0.15, -0.1) is 0 Å². The van der Waals surface area contributed by atoms with Gasteiger partial charge in [0.25, 0.3) is 0 Å². The van der Waals surface area contributed by atoms with Crippen LogP contribution in [0.25, 0.3) is 0 Å². The van der Waals surface area contributed by atoms with E-state index in [1.807, 2.05) is 70.2 Å². The van der Waals surface area contributed by atoms with Crippen LogP contribution in [0.2, 0.25) is 0 Å². The van der Waals surface area contributed by atoms with Gasteiger partial charge in [0, 0.05) is 25.8 Å². The highest BCUT2D eigenvalue weighted by Crippen LogP contribution is 2.30. The Morgan fingerprint density at radius 2 is 1.73 bits per heavy atom. The highest BCUT2D eigenvalue weighted by atomic mass is 16.5. The largest absolute Gasteiger partial charge is 0.492 e. The van der Waals surface area contributed by atoms with Gasteiger partial charge in [0.05, 0.1) is 30.8 Å². The molecule has 2 aliphatic rings. The quantitative estimate of drug-likeness (QED) is 0.353. The number of amides is 2. The molecule has 3 N–H and O–H groups in total. The molecule has 1 aliphatic heterocycles. The van der Waals surface area contributed by atoms with Crippen LogP contribution in [0.15, 0.2) is 72.7 Å². The molecule has 0 bridgehead atoms. The van der Waals surface area contributed by atoms with Crippen LogP contribution in [0.3, 0.4) is 0 Å². The van der Waals surface area contributed by atoms with Crippen molar-refractivity contribution < 1.29 is 14.3 Å². The molecule has 45 heavy (non-hydrogen) atoms. The van der Waals surface area contributed by atoms with Gasteiger partial charge in [-0.3, -0.25) is 9.59 Å². The second-order valence-corrected chi connectivity index (χ2v) is 10.9. The lowest BCUT2D eigenvalue weighted by atomic mass is 9.79. The molecule has 8 heteroatoms. The molecule has 1 aliphatic carbocycles. The molecule has 1 aromatic rings. The first-order chi connectivity index (χ1) is 21.7. The number of nitriles is 1. The van der Waals surface area contributed by atoms with Gasteiger partial charge >= 0.3 is 0 Å². The zero-order chi connectivity index (χ0) is 34.0. The number of carbonyl (C=O) groups excluding carboxylic acids is 2. The third kappa shape index (κ3) is 17.3. The van der Waals surface area contributed by atoms with Gasteiger partial charge in [-0.2, -0.15) is 5.26 Å². The number of carbonyl (C=O) groups is 2. The number of nitrogens with one attached hydrogen (secondary N) is 3. The molecular weight excluding hydrogens is 562 g/mol. The summed E-state index contributed by atoms with van der Waals surface area (Å²) in [5.74, 6) is 1.09. The lowest BCUT2D eigenvalue weighted by Gasteiger charge is -2.36. The van der Waals surface area contributed by atoms with Crippen molar-refractivity contribution in [2.24, 2.45) is 5.92 Å². The zero-order valence-electron chi connectivity index (χ0n) is 29.0. The van der Waals surface area contributed by atoms with Gasteiger partial charge in [0.15, 0.2) is 0 Å². The number of ether oxygens (including phenoxy) is 1. The van der Waals surface area contributed by atoms with E-state index in [0.29, 0.717) is 37.9 Å². The highest BCUT2D eigenvalue weighted by molar-refractivity contribution is 5.82. The van der Waals surface area contributed by atoms with Crippen molar-refractivity contribution in [2.75, 3.05) is 39.8 Å². The van der Waals surface area contributed by atoms with E-state index in [1.165, 1.54) is 12.0 Å². The summed E-state index contributed by atoms with van der Waals surface area (Å²) in [6.07, 6.45) is 11.8.